The third-order valence-electron chi connectivity index (χ3n) is 4.23. The smallest absolute Gasteiger partial charge is 0.239 e. The fourth-order valence-electron chi connectivity index (χ4n) is 3.03. The summed E-state index contributed by atoms with van der Waals surface area (Å²) < 4.78 is 0. The van der Waals surface area contributed by atoms with Crippen LogP contribution >= 0.6 is 11.8 Å². The summed E-state index contributed by atoms with van der Waals surface area (Å²) >= 11 is 1.87. The summed E-state index contributed by atoms with van der Waals surface area (Å²) in [5.74, 6) is 1.80. The van der Waals surface area contributed by atoms with Gasteiger partial charge in [0.2, 0.25) is 5.91 Å². The number of nitrogens with one attached hydrogen (secondary N) is 1. The van der Waals surface area contributed by atoms with Crippen LogP contribution in [0.25, 0.3) is 0 Å². The van der Waals surface area contributed by atoms with E-state index in [0.717, 1.165) is 25.3 Å². The summed E-state index contributed by atoms with van der Waals surface area (Å²) in [6.45, 7) is 2.25. The predicted octanol–water partition coefficient (Wildman–Crippen LogP) is 1.35. The van der Waals surface area contributed by atoms with Crippen LogP contribution in [-0.4, -0.2) is 53.4 Å². The molecule has 0 bridgehead atoms. The lowest BCUT2D eigenvalue weighted by Crippen LogP contribution is -2.42. The van der Waals surface area contributed by atoms with Gasteiger partial charge < -0.3 is 15.3 Å². The maximum Gasteiger partial charge on any atom is 0.239 e. The highest BCUT2D eigenvalue weighted by molar-refractivity contribution is 7.99. The van der Waals surface area contributed by atoms with Gasteiger partial charge in [0.15, 0.2) is 0 Å². The van der Waals surface area contributed by atoms with Crippen LogP contribution in [0.4, 0.5) is 0 Å². The Bertz CT molecular complexity index is 482. The first-order valence-electron chi connectivity index (χ1n) is 7.60. The minimum Gasteiger partial charge on any atom is -0.392 e. The molecule has 2 N–H and O–H groups in total. The molecule has 2 aliphatic heterocycles. The molecule has 0 aromatic heterocycles. The molecule has 114 valence electrons. The van der Waals surface area contributed by atoms with Gasteiger partial charge in [0.25, 0.3) is 0 Å². The third-order valence-corrected chi connectivity index (χ3v) is 5.48. The zero-order valence-electron chi connectivity index (χ0n) is 12.1. The Morgan fingerprint density at radius 3 is 2.90 bits per heavy atom. The van der Waals surface area contributed by atoms with Crippen molar-refractivity contribution in [3.63, 3.8) is 0 Å². The molecule has 0 saturated carbocycles. The number of benzene rings is 1. The van der Waals surface area contributed by atoms with Crippen molar-refractivity contribution in [3.8, 4) is 0 Å². The van der Waals surface area contributed by atoms with Crippen LogP contribution in [0.3, 0.4) is 0 Å². The Kier molecular flexibility index (Phi) is 4.83. The molecule has 2 saturated heterocycles. The maximum absolute atomic E-state index is 12.4. The van der Waals surface area contributed by atoms with E-state index in [9.17, 15) is 9.90 Å². The molecule has 1 amide bonds. The maximum atomic E-state index is 12.4. The Labute approximate surface area is 129 Å². The van der Waals surface area contributed by atoms with E-state index >= 15 is 0 Å². The normalized spacial score (nSPS) is 29.0. The van der Waals surface area contributed by atoms with Crippen molar-refractivity contribution >= 4 is 17.7 Å². The van der Waals surface area contributed by atoms with Gasteiger partial charge >= 0.3 is 0 Å². The van der Waals surface area contributed by atoms with E-state index in [2.05, 4.69) is 29.6 Å². The molecule has 4 nitrogen and oxygen atoms in total. The molecule has 0 aliphatic carbocycles. The van der Waals surface area contributed by atoms with E-state index in [4.69, 9.17) is 0 Å². The molecule has 3 rings (SSSR count). The molecule has 5 heteroatoms. The van der Waals surface area contributed by atoms with Crippen LogP contribution in [0.1, 0.15) is 12.8 Å². The number of rotatable bonds is 4. The highest BCUT2D eigenvalue weighted by Gasteiger charge is 2.34. The van der Waals surface area contributed by atoms with E-state index in [1.165, 1.54) is 4.90 Å². The van der Waals surface area contributed by atoms with Crippen LogP contribution in [0.15, 0.2) is 35.2 Å². The van der Waals surface area contributed by atoms with Crippen molar-refractivity contribution in [2.75, 3.05) is 25.4 Å². The second-order valence-corrected chi connectivity index (χ2v) is 7.01. The van der Waals surface area contributed by atoms with Gasteiger partial charge in [-0.3, -0.25) is 4.79 Å². The van der Waals surface area contributed by atoms with Crippen molar-refractivity contribution in [1.29, 1.82) is 0 Å². The molecule has 0 spiro atoms. The van der Waals surface area contributed by atoms with Crippen molar-refractivity contribution in [2.24, 2.45) is 5.92 Å². The summed E-state index contributed by atoms with van der Waals surface area (Å²) in [4.78, 5) is 15.6. The molecule has 0 radical (unpaired) electrons. The largest absolute Gasteiger partial charge is 0.392 e. The third kappa shape index (κ3) is 3.78. The van der Waals surface area contributed by atoms with Gasteiger partial charge in [-0.05, 0) is 30.9 Å². The van der Waals surface area contributed by atoms with Gasteiger partial charge in [0, 0.05) is 30.3 Å². The first-order valence-corrected chi connectivity index (χ1v) is 8.59. The number of β-amino-alcohol motifs (C(OH)–C–C–N with tert-alkyl or cyclic N) is 1. The fraction of sp³-hybridized carbons (Fsp3) is 0.562. The molecule has 3 unspecified atom stereocenters. The highest BCUT2D eigenvalue weighted by Crippen LogP contribution is 2.26. The van der Waals surface area contributed by atoms with E-state index in [1.807, 2.05) is 22.7 Å². The minimum atomic E-state index is -0.369. The van der Waals surface area contributed by atoms with Crippen molar-refractivity contribution in [2.45, 2.75) is 29.9 Å². The van der Waals surface area contributed by atoms with Crippen molar-refractivity contribution in [1.82, 2.24) is 10.2 Å². The van der Waals surface area contributed by atoms with Crippen molar-refractivity contribution < 1.29 is 9.90 Å². The highest BCUT2D eigenvalue weighted by atomic mass is 32.2. The number of aliphatic hydroxyl groups excluding tert-OH is 1. The first-order chi connectivity index (χ1) is 10.2. The Morgan fingerprint density at radius 2 is 2.19 bits per heavy atom. The SMILES string of the molecule is O=C(C1CC(O)CN1)N1CCC(CSc2ccccc2)C1. The molecule has 21 heavy (non-hydrogen) atoms. The van der Waals surface area contributed by atoms with E-state index in [1.54, 1.807) is 0 Å². The number of nitrogens with zero attached hydrogens (tertiary/aromatic N) is 1. The van der Waals surface area contributed by atoms with Crippen LogP contribution in [0.2, 0.25) is 0 Å². The quantitative estimate of drug-likeness (QED) is 0.825. The molecule has 2 heterocycles. The number of aliphatic hydroxyl groups is 1. The summed E-state index contributed by atoms with van der Waals surface area (Å²) in [5, 5.41) is 12.6. The summed E-state index contributed by atoms with van der Waals surface area (Å²) in [6, 6.07) is 10.2. The molecule has 3 atom stereocenters. The van der Waals surface area contributed by atoms with Gasteiger partial charge in [-0.25, -0.2) is 0 Å². The zero-order chi connectivity index (χ0) is 14.7. The zero-order valence-corrected chi connectivity index (χ0v) is 12.9. The Hall–Kier alpha value is -1.04. The number of hydrogen-bond donors (Lipinski definition) is 2. The van der Waals surface area contributed by atoms with Gasteiger partial charge in [0.1, 0.15) is 0 Å². The Balaban J connectivity index is 1.46. The van der Waals surface area contributed by atoms with Crippen LogP contribution < -0.4 is 5.32 Å². The van der Waals surface area contributed by atoms with Crippen LogP contribution in [-0.2, 0) is 4.79 Å². The van der Waals surface area contributed by atoms with E-state index in [0.29, 0.717) is 18.9 Å². The standard InChI is InChI=1S/C16H22N2O2S/c19-13-8-15(17-9-13)16(20)18-7-6-12(10-18)11-21-14-4-2-1-3-5-14/h1-5,12-13,15,17,19H,6-11H2. The molecule has 2 aliphatic rings. The number of likely N-dealkylation sites (tertiary alicyclic amines) is 1. The monoisotopic (exact) mass is 306 g/mol. The van der Waals surface area contributed by atoms with E-state index in [-0.39, 0.29) is 18.1 Å². The van der Waals surface area contributed by atoms with Gasteiger partial charge in [-0.15, -0.1) is 11.8 Å². The van der Waals surface area contributed by atoms with Crippen LogP contribution in [0.5, 0.6) is 0 Å². The number of carbonyl (C=O) groups is 1. The summed E-state index contributed by atoms with van der Waals surface area (Å²) in [6.07, 6.45) is 1.27. The predicted molar refractivity (Wildman–Crippen MR) is 84.3 cm³/mol. The number of hydrogen-bond acceptors (Lipinski definition) is 4. The van der Waals surface area contributed by atoms with Crippen LogP contribution in [0, 0.1) is 5.92 Å². The molecule has 1 aromatic rings. The number of thioether (sulfide) groups is 1. The van der Waals surface area contributed by atoms with Gasteiger partial charge in [-0.1, -0.05) is 18.2 Å². The average Bonchev–Trinajstić information content (AvgIpc) is 3.14. The fourth-order valence-corrected chi connectivity index (χ4v) is 4.08. The molecular weight excluding hydrogens is 284 g/mol. The number of amides is 1. The van der Waals surface area contributed by atoms with Crippen molar-refractivity contribution in [3.05, 3.63) is 30.3 Å². The van der Waals surface area contributed by atoms with Gasteiger partial charge in [-0.2, -0.15) is 0 Å². The number of carbonyl (C=O) groups excluding carboxylic acids is 1. The second kappa shape index (κ2) is 6.81. The lowest BCUT2D eigenvalue weighted by molar-refractivity contribution is -0.132. The molecular formula is C16H22N2O2S. The topological polar surface area (TPSA) is 52.6 Å². The first kappa shape index (κ1) is 14.9. The Morgan fingerprint density at radius 1 is 1.38 bits per heavy atom. The lowest BCUT2D eigenvalue weighted by atomic mass is 10.1. The summed E-state index contributed by atoms with van der Waals surface area (Å²) in [5.41, 5.74) is 0. The summed E-state index contributed by atoms with van der Waals surface area (Å²) in [7, 11) is 0. The van der Waals surface area contributed by atoms with E-state index < -0.39 is 0 Å². The molecule has 2 fully saturated rings. The second-order valence-electron chi connectivity index (χ2n) is 5.91. The minimum absolute atomic E-state index is 0.166. The average molecular weight is 306 g/mol. The van der Waals surface area contributed by atoms with Gasteiger partial charge in [0.05, 0.1) is 12.1 Å². The lowest BCUT2D eigenvalue weighted by Gasteiger charge is -2.20. The molecule has 1 aromatic carbocycles.